The Morgan fingerprint density at radius 1 is 1.21 bits per heavy atom. The SMILES string of the molecule is CC(C)=CCC(C)c1ccc(C)cc1. The van der Waals surface area contributed by atoms with Crippen molar-refractivity contribution < 1.29 is 0 Å². The molecule has 0 radical (unpaired) electrons. The molecule has 0 aliphatic heterocycles. The molecule has 14 heavy (non-hydrogen) atoms. The topological polar surface area (TPSA) is 0 Å². The van der Waals surface area contributed by atoms with Crippen LogP contribution in [0.15, 0.2) is 35.9 Å². The first-order valence-corrected chi connectivity index (χ1v) is 5.29. The molecule has 0 spiro atoms. The van der Waals surface area contributed by atoms with Crippen LogP contribution in [0.3, 0.4) is 0 Å². The predicted octanol–water partition coefficient (Wildman–Crippen LogP) is 4.45. The van der Waals surface area contributed by atoms with Crippen LogP contribution in [-0.2, 0) is 0 Å². The van der Waals surface area contributed by atoms with E-state index in [9.17, 15) is 0 Å². The largest absolute Gasteiger partial charge is 0.0853 e. The van der Waals surface area contributed by atoms with Gasteiger partial charge in [0.2, 0.25) is 0 Å². The summed E-state index contributed by atoms with van der Waals surface area (Å²) in [5, 5.41) is 0. The van der Waals surface area contributed by atoms with Crippen LogP contribution in [0.4, 0.5) is 0 Å². The van der Waals surface area contributed by atoms with E-state index in [4.69, 9.17) is 0 Å². The monoisotopic (exact) mass is 188 g/mol. The summed E-state index contributed by atoms with van der Waals surface area (Å²) in [5.41, 5.74) is 4.18. The highest BCUT2D eigenvalue weighted by Crippen LogP contribution is 2.20. The Kier molecular flexibility index (Phi) is 3.94. The smallest absolute Gasteiger partial charge is 0.0156 e. The maximum absolute atomic E-state index is 2.31. The first kappa shape index (κ1) is 11.0. The second kappa shape index (κ2) is 4.99. The fraction of sp³-hybridized carbons (Fsp3) is 0.429. The summed E-state index contributed by atoms with van der Waals surface area (Å²) in [7, 11) is 0. The third kappa shape index (κ3) is 3.37. The number of benzene rings is 1. The summed E-state index contributed by atoms with van der Waals surface area (Å²) in [6, 6.07) is 8.85. The Labute approximate surface area is 87.7 Å². The van der Waals surface area contributed by atoms with E-state index in [2.05, 4.69) is 58.0 Å². The van der Waals surface area contributed by atoms with Crippen LogP contribution in [0.5, 0.6) is 0 Å². The van der Waals surface area contributed by atoms with Gasteiger partial charge < -0.3 is 0 Å². The molecule has 0 fully saturated rings. The zero-order valence-electron chi connectivity index (χ0n) is 9.67. The molecule has 0 bridgehead atoms. The second-order valence-electron chi connectivity index (χ2n) is 4.33. The van der Waals surface area contributed by atoms with Crippen LogP contribution in [0.1, 0.15) is 44.2 Å². The van der Waals surface area contributed by atoms with E-state index in [1.54, 1.807) is 0 Å². The molecule has 0 saturated heterocycles. The molecule has 1 rings (SSSR count). The number of aryl methyl sites for hydroxylation is 1. The summed E-state index contributed by atoms with van der Waals surface area (Å²) in [6.07, 6.45) is 3.45. The first-order valence-electron chi connectivity index (χ1n) is 5.29. The van der Waals surface area contributed by atoms with Gasteiger partial charge in [-0.3, -0.25) is 0 Å². The summed E-state index contributed by atoms with van der Waals surface area (Å²) < 4.78 is 0. The summed E-state index contributed by atoms with van der Waals surface area (Å²) >= 11 is 0. The third-order valence-corrected chi connectivity index (χ3v) is 2.53. The molecule has 0 aliphatic rings. The van der Waals surface area contributed by atoms with E-state index in [0.717, 1.165) is 6.42 Å². The van der Waals surface area contributed by atoms with E-state index >= 15 is 0 Å². The van der Waals surface area contributed by atoms with Gasteiger partial charge in [0.1, 0.15) is 0 Å². The molecule has 0 amide bonds. The standard InChI is InChI=1S/C14H20/c1-11(2)5-8-13(4)14-9-6-12(3)7-10-14/h5-7,9-10,13H,8H2,1-4H3. The van der Waals surface area contributed by atoms with Gasteiger partial charge >= 0.3 is 0 Å². The van der Waals surface area contributed by atoms with Crippen molar-refractivity contribution in [3.8, 4) is 0 Å². The molecule has 0 aromatic heterocycles. The number of hydrogen-bond donors (Lipinski definition) is 0. The molecule has 1 atom stereocenters. The molecular formula is C14H20. The molecule has 0 aliphatic carbocycles. The molecule has 0 heterocycles. The van der Waals surface area contributed by atoms with Gasteiger partial charge in [0, 0.05) is 0 Å². The van der Waals surface area contributed by atoms with Crippen molar-refractivity contribution in [2.24, 2.45) is 0 Å². The van der Waals surface area contributed by atoms with E-state index in [0.29, 0.717) is 5.92 Å². The van der Waals surface area contributed by atoms with Crippen molar-refractivity contribution in [3.63, 3.8) is 0 Å². The van der Waals surface area contributed by atoms with Crippen molar-refractivity contribution in [1.82, 2.24) is 0 Å². The lowest BCUT2D eigenvalue weighted by Gasteiger charge is -2.09. The van der Waals surface area contributed by atoms with E-state index in [1.807, 2.05) is 0 Å². The molecule has 1 aromatic rings. The lowest BCUT2D eigenvalue weighted by atomic mass is 9.96. The fourth-order valence-corrected chi connectivity index (χ4v) is 1.44. The minimum Gasteiger partial charge on any atom is -0.0853 e. The molecule has 0 nitrogen and oxygen atoms in total. The van der Waals surface area contributed by atoms with Gasteiger partial charge in [-0.1, -0.05) is 48.4 Å². The molecule has 1 unspecified atom stereocenters. The quantitative estimate of drug-likeness (QED) is 0.614. The Morgan fingerprint density at radius 2 is 1.79 bits per heavy atom. The first-order chi connectivity index (χ1) is 6.59. The molecule has 1 aromatic carbocycles. The van der Waals surface area contributed by atoms with Crippen molar-refractivity contribution >= 4 is 0 Å². The average molecular weight is 188 g/mol. The van der Waals surface area contributed by atoms with Crippen molar-refractivity contribution in [1.29, 1.82) is 0 Å². The lowest BCUT2D eigenvalue weighted by Crippen LogP contribution is -1.91. The van der Waals surface area contributed by atoms with Crippen LogP contribution in [-0.4, -0.2) is 0 Å². The van der Waals surface area contributed by atoms with Crippen LogP contribution in [0, 0.1) is 6.92 Å². The minimum absolute atomic E-state index is 0.630. The van der Waals surface area contributed by atoms with Gasteiger partial charge in [-0.05, 0) is 38.7 Å². The number of rotatable bonds is 3. The Morgan fingerprint density at radius 3 is 2.29 bits per heavy atom. The molecule has 0 saturated carbocycles. The molecule has 76 valence electrons. The zero-order valence-corrected chi connectivity index (χ0v) is 9.67. The maximum Gasteiger partial charge on any atom is -0.0156 e. The van der Waals surface area contributed by atoms with Crippen LogP contribution in [0.25, 0.3) is 0 Å². The normalized spacial score (nSPS) is 12.3. The fourth-order valence-electron chi connectivity index (χ4n) is 1.44. The van der Waals surface area contributed by atoms with Gasteiger partial charge in [-0.25, -0.2) is 0 Å². The van der Waals surface area contributed by atoms with Crippen molar-refractivity contribution in [3.05, 3.63) is 47.0 Å². The van der Waals surface area contributed by atoms with Crippen LogP contribution < -0.4 is 0 Å². The molecule has 0 heteroatoms. The van der Waals surface area contributed by atoms with Crippen molar-refractivity contribution in [2.75, 3.05) is 0 Å². The van der Waals surface area contributed by atoms with E-state index in [-0.39, 0.29) is 0 Å². The zero-order chi connectivity index (χ0) is 10.6. The predicted molar refractivity (Wildman–Crippen MR) is 63.6 cm³/mol. The summed E-state index contributed by atoms with van der Waals surface area (Å²) in [5.74, 6) is 0.630. The van der Waals surface area contributed by atoms with Gasteiger partial charge in [-0.2, -0.15) is 0 Å². The highest BCUT2D eigenvalue weighted by Gasteiger charge is 2.02. The van der Waals surface area contributed by atoms with Gasteiger partial charge in [-0.15, -0.1) is 0 Å². The Hall–Kier alpha value is -1.04. The van der Waals surface area contributed by atoms with Crippen LogP contribution in [0.2, 0.25) is 0 Å². The van der Waals surface area contributed by atoms with E-state index in [1.165, 1.54) is 16.7 Å². The highest BCUT2D eigenvalue weighted by molar-refractivity contribution is 5.24. The van der Waals surface area contributed by atoms with Gasteiger partial charge in [0.05, 0.1) is 0 Å². The third-order valence-electron chi connectivity index (χ3n) is 2.53. The highest BCUT2D eigenvalue weighted by atomic mass is 14.1. The number of allylic oxidation sites excluding steroid dienone is 2. The second-order valence-corrected chi connectivity index (χ2v) is 4.33. The van der Waals surface area contributed by atoms with Gasteiger partial charge in [0.25, 0.3) is 0 Å². The van der Waals surface area contributed by atoms with Crippen LogP contribution >= 0.6 is 0 Å². The Balaban J connectivity index is 2.65. The minimum atomic E-state index is 0.630. The summed E-state index contributed by atoms with van der Waals surface area (Å²) in [6.45, 7) is 8.72. The van der Waals surface area contributed by atoms with Crippen molar-refractivity contribution in [2.45, 2.75) is 40.0 Å². The van der Waals surface area contributed by atoms with E-state index < -0.39 is 0 Å². The number of hydrogen-bond acceptors (Lipinski definition) is 0. The Bertz CT molecular complexity index is 299. The average Bonchev–Trinajstić information content (AvgIpc) is 2.15. The van der Waals surface area contributed by atoms with Gasteiger partial charge in [0.15, 0.2) is 0 Å². The molecule has 0 N–H and O–H groups in total. The lowest BCUT2D eigenvalue weighted by molar-refractivity contribution is 0.776. The molecular weight excluding hydrogens is 168 g/mol. The summed E-state index contributed by atoms with van der Waals surface area (Å²) in [4.78, 5) is 0. The maximum atomic E-state index is 2.31.